The number of fused-ring (bicyclic) bond motifs is 2. The van der Waals surface area contributed by atoms with E-state index in [9.17, 15) is 62.1 Å². The quantitative estimate of drug-likeness (QED) is 0.0236. The van der Waals surface area contributed by atoms with E-state index in [4.69, 9.17) is 20.8 Å². The van der Waals surface area contributed by atoms with E-state index in [2.05, 4.69) is 35.8 Å². The van der Waals surface area contributed by atoms with Crippen molar-refractivity contribution in [2.24, 2.45) is 34.2 Å². The second-order valence-electron chi connectivity index (χ2n) is 18.5. The van der Waals surface area contributed by atoms with Crippen molar-refractivity contribution in [2.75, 3.05) is 20.2 Å². The second kappa shape index (κ2) is 27.0. The van der Waals surface area contributed by atoms with Crippen molar-refractivity contribution in [3.63, 3.8) is 0 Å². The molecule has 0 aromatic heterocycles. The van der Waals surface area contributed by atoms with Gasteiger partial charge in [0, 0.05) is 20.0 Å². The maximum atomic E-state index is 14.9. The molecule has 13 N–H and O–H groups in total. The van der Waals surface area contributed by atoms with Gasteiger partial charge in [0.15, 0.2) is 12.1 Å². The highest BCUT2D eigenvalue weighted by Gasteiger charge is 2.47. The van der Waals surface area contributed by atoms with Gasteiger partial charge in [0.2, 0.25) is 35.4 Å². The SMILES string of the molecule is CC[C@H](C)[C@H](NC(=O)[C@H](O)COS(=O)(=O)O)C(=O)N[C@@H]1C(=O)N[C@@H](CCCN=C(N)N)C(=O)N[C@H]2CC[C@@H](O)N(C2=O)[C@@H]([C@@H](C)CC)C(=O)N(C)[C@@H](Cc2ccc(O)cc2)C(=O)N[C@@H](C(C)C)C(=O)O[C@@H]1C. The molecule has 2 saturated heterocycles. The number of carbonyl (C=O) groups excluding carboxylic acids is 8. The summed E-state index contributed by atoms with van der Waals surface area (Å²) in [5.41, 5.74) is 11.5. The van der Waals surface area contributed by atoms with Crippen molar-refractivity contribution in [1.29, 1.82) is 0 Å². The maximum Gasteiger partial charge on any atom is 0.397 e. The Bertz CT molecular complexity index is 2230. The van der Waals surface area contributed by atoms with E-state index in [0.717, 1.165) is 9.80 Å². The highest BCUT2D eigenvalue weighted by molar-refractivity contribution is 7.80. The van der Waals surface area contributed by atoms with E-state index in [1.807, 2.05) is 0 Å². The number of hydrogen-bond acceptors (Lipinski definition) is 16. The summed E-state index contributed by atoms with van der Waals surface area (Å²) < 4.78 is 41.0. The van der Waals surface area contributed by atoms with Crippen LogP contribution >= 0.6 is 0 Å². The number of rotatable bonds is 18. The molecule has 0 unspecified atom stereocenters. The molecule has 0 saturated carbocycles. The fourth-order valence-corrected chi connectivity index (χ4v) is 8.34. The predicted molar refractivity (Wildman–Crippen MR) is 257 cm³/mol. The monoisotopic (exact) mass is 1040 g/mol. The number of phenols is 1. The standard InChI is InChI=1S/C45H72N10O16S/c1-9-23(5)34(52-39(61)31(57)21-70-72(67,68)69)40(62)53-35-25(7)71-44(66)33(22(3)4)51-38(60)30(20-26-13-15-27(56)16-14-26)54(8)43(65)36(24(6)10-2)55-32(58)18-17-29(42(55)64)50-37(59)28(49-41(35)63)12-11-19-48-45(46)47/h13-16,22-25,28-36,56-58H,9-12,17-21H2,1-8H3,(H,49,63)(H,50,59)(H,51,60)(H,52,61)(H,53,62)(H4,46,47,48)(H,67,68,69)/t23-,24-,25+,28-,29-,30-,31+,32+,33-,34-,35-,36-/m0/s1. The summed E-state index contributed by atoms with van der Waals surface area (Å²) in [6.45, 7) is 9.70. The fourth-order valence-electron chi connectivity index (χ4n) is 8.04. The van der Waals surface area contributed by atoms with E-state index < -0.39 is 143 Å². The number of amides is 7. The van der Waals surface area contributed by atoms with Gasteiger partial charge in [-0.1, -0.05) is 66.5 Å². The number of esters is 1. The Kier molecular flexibility index (Phi) is 22.6. The summed E-state index contributed by atoms with van der Waals surface area (Å²) in [5, 5.41) is 44.3. The minimum Gasteiger partial charge on any atom is -0.508 e. The smallest absolute Gasteiger partial charge is 0.397 e. The van der Waals surface area contributed by atoms with Crippen molar-refractivity contribution in [2.45, 2.75) is 154 Å². The van der Waals surface area contributed by atoms with E-state index in [0.29, 0.717) is 12.0 Å². The van der Waals surface area contributed by atoms with Crippen molar-refractivity contribution in [3.05, 3.63) is 29.8 Å². The van der Waals surface area contributed by atoms with Gasteiger partial charge in [-0.25, -0.2) is 8.98 Å². The zero-order valence-electron chi connectivity index (χ0n) is 41.8. The first-order valence-corrected chi connectivity index (χ1v) is 25.1. The van der Waals surface area contributed by atoms with Crippen molar-refractivity contribution < 1.29 is 75.6 Å². The Balaban J connectivity index is 2.25. The molecule has 12 atom stereocenters. The average Bonchev–Trinajstić information content (AvgIpc) is 3.31. The maximum absolute atomic E-state index is 14.9. The fraction of sp³-hybridized carbons (Fsp3) is 0.667. The van der Waals surface area contributed by atoms with Crippen LogP contribution in [0.25, 0.3) is 0 Å². The van der Waals surface area contributed by atoms with Crippen LogP contribution in [0, 0.1) is 17.8 Å². The molecule has 2 aliphatic heterocycles. The third kappa shape index (κ3) is 17.0. The lowest BCUT2D eigenvalue weighted by atomic mass is 9.91. The van der Waals surface area contributed by atoms with Gasteiger partial charge < -0.3 is 67.9 Å². The third-order valence-corrected chi connectivity index (χ3v) is 13.2. The molecule has 1 aromatic carbocycles. The lowest BCUT2D eigenvalue weighted by Gasteiger charge is -2.44. The molecule has 2 bridgehead atoms. The summed E-state index contributed by atoms with van der Waals surface area (Å²) in [6, 6.07) is -4.84. The van der Waals surface area contributed by atoms with Crippen LogP contribution in [0.1, 0.15) is 92.6 Å². The summed E-state index contributed by atoms with van der Waals surface area (Å²) in [7, 11) is -3.75. The van der Waals surface area contributed by atoms with Gasteiger partial charge in [0.25, 0.3) is 5.91 Å². The Morgan fingerprint density at radius 3 is 2.14 bits per heavy atom. The van der Waals surface area contributed by atoms with E-state index in [-0.39, 0.29) is 56.8 Å². The van der Waals surface area contributed by atoms with E-state index >= 15 is 0 Å². The van der Waals surface area contributed by atoms with Gasteiger partial charge >= 0.3 is 16.4 Å². The van der Waals surface area contributed by atoms with Gasteiger partial charge in [0.05, 0.1) is 0 Å². The molecule has 2 heterocycles. The summed E-state index contributed by atoms with van der Waals surface area (Å²) in [4.78, 5) is 120. The molecule has 72 heavy (non-hydrogen) atoms. The molecular weight excluding hydrogens is 969 g/mol. The number of hydrogen-bond donors (Lipinski definition) is 11. The number of guanidine groups is 1. The van der Waals surface area contributed by atoms with Gasteiger partial charge in [-0.3, -0.25) is 43.1 Å². The van der Waals surface area contributed by atoms with Crippen LogP contribution in [0.4, 0.5) is 0 Å². The van der Waals surface area contributed by atoms with E-state index in [1.165, 1.54) is 45.2 Å². The minimum absolute atomic E-state index is 0.0296. The number of aromatic hydroxyl groups is 1. The lowest BCUT2D eigenvalue weighted by molar-refractivity contribution is -0.168. The van der Waals surface area contributed by atoms with Crippen LogP contribution in [0.2, 0.25) is 0 Å². The first-order chi connectivity index (χ1) is 33.6. The Labute approximate surface area is 418 Å². The molecular formula is C45H72N10O16S. The lowest BCUT2D eigenvalue weighted by Crippen LogP contribution is -2.66. The minimum atomic E-state index is -5.08. The highest BCUT2D eigenvalue weighted by Crippen LogP contribution is 2.28. The molecule has 3 rings (SSSR count). The molecule has 0 radical (unpaired) electrons. The van der Waals surface area contributed by atoms with Crippen LogP contribution in [-0.4, -0.2) is 172 Å². The highest BCUT2D eigenvalue weighted by atomic mass is 32.3. The zero-order chi connectivity index (χ0) is 54.4. The van der Waals surface area contributed by atoms with Gasteiger partial charge in [-0.05, 0) is 68.1 Å². The number of carbonyl (C=O) groups is 8. The van der Waals surface area contributed by atoms with Gasteiger partial charge in [0.1, 0.15) is 67.0 Å². The summed E-state index contributed by atoms with van der Waals surface area (Å²) >= 11 is 0. The number of nitrogens with two attached hydrogens (primary N) is 2. The van der Waals surface area contributed by atoms with Crippen molar-refractivity contribution >= 4 is 63.7 Å². The molecule has 0 spiro atoms. The number of phenolic OH excluding ortho intramolecular Hbond substituents is 1. The predicted octanol–water partition coefficient (Wildman–Crippen LogP) is -2.58. The van der Waals surface area contributed by atoms with Crippen molar-refractivity contribution in [1.82, 2.24) is 36.4 Å². The second-order valence-corrected chi connectivity index (χ2v) is 19.6. The molecule has 7 amide bonds. The Morgan fingerprint density at radius 2 is 1.57 bits per heavy atom. The number of aliphatic hydroxyl groups excluding tert-OH is 2. The number of nitrogens with one attached hydrogen (secondary N) is 5. The molecule has 2 fully saturated rings. The molecule has 26 nitrogen and oxygen atoms in total. The Morgan fingerprint density at radius 1 is 0.931 bits per heavy atom. The first-order valence-electron chi connectivity index (χ1n) is 23.7. The largest absolute Gasteiger partial charge is 0.508 e. The number of nitrogens with zero attached hydrogens (tertiary/aromatic N) is 3. The summed E-state index contributed by atoms with van der Waals surface area (Å²) in [6.07, 6.45) is -5.39. The number of aliphatic imine (C=N–C) groups is 1. The number of aliphatic hydroxyl groups is 2. The average molecular weight is 1040 g/mol. The van der Waals surface area contributed by atoms with E-state index in [1.54, 1.807) is 34.6 Å². The molecule has 27 heteroatoms. The van der Waals surface area contributed by atoms with Crippen LogP contribution in [0.15, 0.2) is 29.3 Å². The number of cyclic esters (lactones) is 1. The molecule has 404 valence electrons. The van der Waals surface area contributed by atoms with Crippen LogP contribution in [-0.2, 0) is 64.1 Å². The van der Waals surface area contributed by atoms with Crippen LogP contribution in [0.5, 0.6) is 5.75 Å². The van der Waals surface area contributed by atoms with Gasteiger partial charge in [-0.2, -0.15) is 8.42 Å². The number of likely N-dealkylation sites (N-methyl/N-ethyl adjacent to an activating group) is 1. The molecule has 0 aliphatic carbocycles. The first kappa shape index (κ1) is 60.1. The van der Waals surface area contributed by atoms with Crippen LogP contribution in [0.3, 0.4) is 0 Å². The number of benzene rings is 1. The number of piperidine rings is 1. The Hall–Kier alpha value is -6.16. The zero-order valence-corrected chi connectivity index (χ0v) is 42.6. The van der Waals surface area contributed by atoms with Gasteiger partial charge in [-0.15, -0.1) is 0 Å². The number of ether oxygens (including phenoxy) is 1. The molecule has 1 aromatic rings. The topological polar surface area (TPSA) is 401 Å². The van der Waals surface area contributed by atoms with Crippen LogP contribution < -0.4 is 38.1 Å². The van der Waals surface area contributed by atoms with Crippen molar-refractivity contribution in [3.8, 4) is 5.75 Å². The normalized spacial score (nSPS) is 25.8. The summed E-state index contributed by atoms with van der Waals surface area (Å²) in [5.74, 6) is -10.5. The molecule has 2 aliphatic rings. The third-order valence-electron chi connectivity index (χ3n) is 12.7.